The van der Waals surface area contributed by atoms with E-state index >= 15 is 0 Å². The normalized spacial score (nSPS) is 12.0. The first-order valence-electron chi connectivity index (χ1n) is 14.5. The zero-order chi connectivity index (χ0) is 29.5. The summed E-state index contributed by atoms with van der Waals surface area (Å²) in [6, 6.07) is 32.4. The molecule has 0 radical (unpaired) electrons. The summed E-state index contributed by atoms with van der Waals surface area (Å²) in [4.78, 5) is 22.6. The summed E-state index contributed by atoms with van der Waals surface area (Å²) in [6.07, 6.45) is 5.03. The van der Waals surface area contributed by atoms with Gasteiger partial charge in [-0.15, -0.1) is 0 Å². The van der Waals surface area contributed by atoms with E-state index in [4.69, 9.17) is 18.2 Å². The Balaban J connectivity index is 1.07. The molecule has 45 heavy (non-hydrogen) atoms. The van der Waals surface area contributed by atoms with Crippen LogP contribution in [0.2, 0.25) is 0 Å². The number of pyridine rings is 2. The lowest BCUT2D eigenvalue weighted by molar-refractivity contribution is 0.653. The van der Waals surface area contributed by atoms with Crippen LogP contribution in [-0.2, 0) is 0 Å². The van der Waals surface area contributed by atoms with E-state index in [1.54, 1.807) is 18.7 Å². The summed E-state index contributed by atoms with van der Waals surface area (Å²) in [5.74, 6) is 1.16. The van der Waals surface area contributed by atoms with Crippen molar-refractivity contribution in [1.82, 2.24) is 24.9 Å². The fraction of sp³-hybridized carbons (Fsp3) is 0. The Bertz CT molecular complexity index is 2790. The lowest BCUT2D eigenvalue weighted by atomic mass is 10.0. The molecule has 0 fully saturated rings. The molecule has 0 spiro atoms. The van der Waals surface area contributed by atoms with Crippen LogP contribution in [0, 0.1) is 0 Å². The molecule has 10 aromatic rings. The van der Waals surface area contributed by atoms with E-state index in [9.17, 15) is 0 Å². The van der Waals surface area contributed by atoms with Gasteiger partial charge in [0, 0.05) is 55.8 Å². The van der Waals surface area contributed by atoms with Gasteiger partial charge in [0.25, 0.3) is 0 Å². The Kier molecular flexibility index (Phi) is 4.84. The van der Waals surface area contributed by atoms with Crippen LogP contribution in [0.25, 0.3) is 100.0 Å². The Labute approximate surface area is 253 Å². The quantitative estimate of drug-likeness (QED) is 0.203. The van der Waals surface area contributed by atoms with Crippen LogP contribution in [0.1, 0.15) is 0 Å². The molecule has 4 aromatic carbocycles. The first kappa shape index (κ1) is 24.1. The van der Waals surface area contributed by atoms with Gasteiger partial charge in [-0.1, -0.05) is 12.1 Å². The molecule has 0 aliphatic heterocycles. The predicted octanol–water partition coefficient (Wildman–Crippen LogP) is 9.36. The minimum Gasteiger partial charge on any atom is -0.456 e. The van der Waals surface area contributed by atoms with Gasteiger partial charge in [0.05, 0.1) is 0 Å². The molecular formula is C37H19N5O3. The average molecular weight is 582 g/mol. The van der Waals surface area contributed by atoms with Gasteiger partial charge in [-0.05, 0) is 96.1 Å². The fourth-order valence-electron chi connectivity index (χ4n) is 6.21. The van der Waals surface area contributed by atoms with Crippen molar-refractivity contribution in [3.05, 3.63) is 116 Å². The first-order chi connectivity index (χ1) is 22.2. The number of benzene rings is 4. The van der Waals surface area contributed by atoms with Gasteiger partial charge < -0.3 is 13.3 Å². The van der Waals surface area contributed by atoms with Crippen molar-refractivity contribution in [3.8, 4) is 33.9 Å². The standard InChI is InChI=1S/C37H19N5O3/c1-3-24-26-15-20(6-10-32(26)44-36(24)38-13-1)21-5-9-30-28(16-21)29-18-23(7-11-31(29)43-30)35-41-19-40-34(42-35)22-8-12-33-27(17-22)25-4-2-14-39-37(25)45-33/h1-19H. The number of nitrogens with zero attached hydrogens (tertiary/aromatic N) is 5. The molecule has 10 rings (SSSR count). The van der Waals surface area contributed by atoms with Gasteiger partial charge in [0.1, 0.15) is 28.7 Å². The number of hydrogen-bond acceptors (Lipinski definition) is 8. The molecular weight excluding hydrogens is 562 g/mol. The molecule has 0 aliphatic carbocycles. The second-order valence-corrected chi connectivity index (χ2v) is 11.0. The SMILES string of the molecule is c1cnc2oc3ccc(-c4ccc5oc6ccc(-c7ncnc(-c8ccc9oc%10ncccc%10c9c8)n7)cc6c5c4)cc3c2c1. The van der Waals surface area contributed by atoms with Gasteiger partial charge in [0.15, 0.2) is 11.6 Å². The molecule has 6 heterocycles. The molecule has 0 N–H and O–H groups in total. The average Bonchev–Trinajstić information content (AvgIpc) is 3.78. The first-order valence-corrected chi connectivity index (χ1v) is 14.5. The zero-order valence-corrected chi connectivity index (χ0v) is 23.4. The van der Waals surface area contributed by atoms with E-state index in [-0.39, 0.29) is 0 Å². The van der Waals surface area contributed by atoms with Crippen LogP contribution in [0.4, 0.5) is 0 Å². The molecule has 0 atom stereocenters. The number of fused-ring (bicyclic) bond motifs is 9. The molecule has 8 nitrogen and oxygen atoms in total. The van der Waals surface area contributed by atoms with Gasteiger partial charge in [-0.25, -0.2) is 24.9 Å². The van der Waals surface area contributed by atoms with Crippen LogP contribution in [0.3, 0.4) is 0 Å². The van der Waals surface area contributed by atoms with Crippen LogP contribution in [-0.4, -0.2) is 24.9 Å². The summed E-state index contributed by atoms with van der Waals surface area (Å²) in [5, 5.41) is 5.97. The number of rotatable bonds is 3. The highest BCUT2D eigenvalue weighted by molar-refractivity contribution is 6.09. The molecule has 0 saturated carbocycles. The van der Waals surface area contributed by atoms with E-state index < -0.39 is 0 Å². The second-order valence-electron chi connectivity index (χ2n) is 11.0. The maximum atomic E-state index is 6.22. The zero-order valence-electron chi connectivity index (χ0n) is 23.4. The smallest absolute Gasteiger partial charge is 0.227 e. The van der Waals surface area contributed by atoms with Crippen molar-refractivity contribution in [1.29, 1.82) is 0 Å². The summed E-state index contributed by atoms with van der Waals surface area (Å²) in [5.41, 5.74) is 8.36. The van der Waals surface area contributed by atoms with Gasteiger partial charge in [-0.3, -0.25) is 0 Å². The molecule has 8 heteroatoms. The largest absolute Gasteiger partial charge is 0.456 e. The molecule has 6 aromatic heterocycles. The van der Waals surface area contributed by atoms with Gasteiger partial charge in [-0.2, -0.15) is 0 Å². The number of furan rings is 3. The third kappa shape index (κ3) is 3.69. The van der Waals surface area contributed by atoms with E-state index in [0.29, 0.717) is 23.1 Å². The van der Waals surface area contributed by atoms with Crippen molar-refractivity contribution in [2.45, 2.75) is 0 Å². The highest BCUT2D eigenvalue weighted by Crippen LogP contribution is 2.37. The van der Waals surface area contributed by atoms with Crippen LogP contribution < -0.4 is 0 Å². The van der Waals surface area contributed by atoms with Gasteiger partial charge >= 0.3 is 0 Å². The lowest BCUT2D eigenvalue weighted by Gasteiger charge is -2.04. The van der Waals surface area contributed by atoms with Gasteiger partial charge in [0.2, 0.25) is 11.4 Å². The van der Waals surface area contributed by atoms with E-state index in [1.165, 1.54) is 0 Å². The maximum absolute atomic E-state index is 6.22. The molecule has 0 amide bonds. The van der Waals surface area contributed by atoms with Crippen molar-refractivity contribution in [2.24, 2.45) is 0 Å². The van der Waals surface area contributed by atoms with E-state index in [2.05, 4.69) is 50.3 Å². The third-order valence-corrected chi connectivity index (χ3v) is 8.39. The van der Waals surface area contributed by atoms with Crippen molar-refractivity contribution in [2.75, 3.05) is 0 Å². The Morgan fingerprint density at radius 1 is 0.378 bits per heavy atom. The molecule has 0 bridgehead atoms. The predicted molar refractivity (Wildman–Crippen MR) is 174 cm³/mol. The van der Waals surface area contributed by atoms with Crippen molar-refractivity contribution < 1.29 is 13.3 Å². The molecule has 210 valence electrons. The summed E-state index contributed by atoms with van der Waals surface area (Å²) < 4.78 is 18.0. The second kappa shape index (κ2) is 9.05. The molecule has 0 aliphatic rings. The highest BCUT2D eigenvalue weighted by atomic mass is 16.3. The number of hydrogen-bond donors (Lipinski definition) is 0. The Hall–Kier alpha value is -6.41. The highest BCUT2D eigenvalue weighted by Gasteiger charge is 2.15. The molecule has 0 unspecified atom stereocenters. The third-order valence-electron chi connectivity index (χ3n) is 8.39. The number of aromatic nitrogens is 5. The minimum atomic E-state index is 0.580. The maximum Gasteiger partial charge on any atom is 0.227 e. The summed E-state index contributed by atoms with van der Waals surface area (Å²) in [6.45, 7) is 0. The Morgan fingerprint density at radius 2 is 0.800 bits per heavy atom. The van der Waals surface area contributed by atoms with Crippen LogP contribution in [0.5, 0.6) is 0 Å². The minimum absolute atomic E-state index is 0.580. The van der Waals surface area contributed by atoms with E-state index in [0.717, 1.165) is 76.9 Å². The topological polar surface area (TPSA) is 104 Å². The van der Waals surface area contributed by atoms with Crippen LogP contribution >= 0.6 is 0 Å². The van der Waals surface area contributed by atoms with Crippen molar-refractivity contribution in [3.63, 3.8) is 0 Å². The lowest BCUT2D eigenvalue weighted by Crippen LogP contribution is -1.95. The summed E-state index contributed by atoms with van der Waals surface area (Å²) >= 11 is 0. The fourth-order valence-corrected chi connectivity index (χ4v) is 6.21. The molecule has 0 saturated heterocycles. The monoisotopic (exact) mass is 581 g/mol. The van der Waals surface area contributed by atoms with E-state index in [1.807, 2.05) is 66.7 Å². The Morgan fingerprint density at radius 3 is 1.31 bits per heavy atom. The van der Waals surface area contributed by atoms with Crippen molar-refractivity contribution >= 4 is 66.1 Å². The summed E-state index contributed by atoms with van der Waals surface area (Å²) in [7, 11) is 0. The van der Waals surface area contributed by atoms with Crippen LogP contribution in [0.15, 0.2) is 129 Å².